The number of nitrogens with zero attached hydrogens (tertiary/aromatic N) is 4. The summed E-state index contributed by atoms with van der Waals surface area (Å²) >= 11 is 0. The number of hydrogen-bond donors (Lipinski definition) is 0. The van der Waals surface area contributed by atoms with Crippen molar-refractivity contribution in [2.75, 3.05) is 0 Å². The van der Waals surface area contributed by atoms with Crippen molar-refractivity contribution < 1.29 is 4.79 Å². The molecule has 0 aromatic carbocycles. The van der Waals surface area contributed by atoms with Crippen molar-refractivity contribution in [3.05, 3.63) is 40.0 Å². The lowest BCUT2D eigenvalue weighted by Gasteiger charge is -2.00. The molecule has 0 saturated carbocycles. The van der Waals surface area contributed by atoms with E-state index in [2.05, 4.69) is 15.0 Å². The summed E-state index contributed by atoms with van der Waals surface area (Å²) < 4.78 is 0. The quantitative estimate of drug-likeness (QED) is 0.306. The van der Waals surface area contributed by atoms with Gasteiger partial charge in [0.05, 0.1) is 6.54 Å². The average molecular weight is 176 g/mol. The fourth-order valence-corrected chi connectivity index (χ4v) is 0.986. The van der Waals surface area contributed by atoms with Gasteiger partial charge in [-0.1, -0.05) is 5.11 Å². The number of rotatable bonds is 3. The standard InChI is InChI=1S/C8H8N4O/c1-6(13)8-5-10-3-2-7(8)4-11-12-9/h2-3,5H,4H2,1H3. The van der Waals surface area contributed by atoms with Crippen LogP contribution >= 0.6 is 0 Å². The minimum absolute atomic E-state index is 0.0729. The van der Waals surface area contributed by atoms with E-state index in [9.17, 15) is 4.79 Å². The molecule has 0 fully saturated rings. The number of carbonyl (C=O) groups is 1. The number of ketones is 1. The van der Waals surface area contributed by atoms with Crippen LogP contribution in [0.2, 0.25) is 0 Å². The Morgan fingerprint density at radius 3 is 3.15 bits per heavy atom. The van der Waals surface area contributed by atoms with Crippen LogP contribution in [-0.2, 0) is 6.54 Å². The number of carbonyl (C=O) groups excluding carboxylic acids is 1. The largest absolute Gasteiger partial charge is 0.294 e. The topological polar surface area (TPSA) is 78.7 Å². The van der Waals surface area contributed by atoms with Gasteiger partial charge in [0.15, 0.2) is 5.78 Å². The first-order valence-electron chi connectivity index (χ1n) is 3.70. The van der Waals surface area contributed by atoms with Gasteiger partial charge in [0.2, 0.25) is 0 Å². The molecule has 13 heavy (non-hydrogen) atoms. The number of Topliss-reactive ketones (excluding diaryl/α,β-unsaturated/α-hetero) is 1. The predicted molar refractivity (Wildman–Crippen MR) is 47.1 cm³/mol. The van der Waals surface area contributed by atoms with E-state index in [1.165, 1.54) is 13.1 Å². The highest BCUT2D eigenvalue weighted by atomic mass is 16.1. The molecule has 66 valence electrons. The van der Waals surface area contributed by atoms with E-state index >= 15 is 0 Å². The van der Waals surface area contributed by atoms with Gasteiger partial charge < -0.3 is 0 Å². The molecule has 5 nitrogen and oxygen atoms in total. The fraction of sp³-hybridized carbons (Fsp3) is 0.250. The molecule has 1 heterocycles. The van der Waals surface area contributed by atoms with Crippen molar-refractivity contribution in [3.8, 4) is 0 Å². The summed E-state index contributed by atoms with van der Waals surface area (Å²) in [4.78, 5) is 17.5. The Bertz CT molecular complexity index is 368. The molecule has 1 aromatic heterocycles. The molecule has 0 saturated heterocycles. The van der Waals surface area contributed by atoms with Gasteiger partial charge in [-0.2, -0.15) is 0 Å². The van der Waals surface area contributed by atoms with Crippen LogP contribution in [0, 0.1) is 0 Å². The van der Waals surface area contributed by atoms with E-state index in [1.807, 2.05) is 0 Å². The monoisotopic (exact) mass is 176 g/mol. The van der Waals surface area contributed by atoms with Gasteiger partial charge in [0.1, 0.15) is 0 Å². The molecular formula is C8H8N4O. The lowest BCUT2D eigenvalue weighted by molar-refractivity contribution is 0.101. The van der Waals surface area contributed by atoms with E-state index < -0.39 is 0 Å². The second-order valence-corrected chi connectivity index (χ2v) is 2.48. The Morgan fingerprint density at radius 1 is 1.77 bits per heavy atom. The first kappa shape index (κ1) is 9.22. The summed E-state index contributed by atoms with van der Waals surface area (Å²) in [6, 6.07) is 1.67. The lowest BCUT2D eigenvalue weighted by Crippen LogP contribution is -1.99. The maximum Gasteiger partial charge on any atom is 0.161 e. The first-order valence-corrected chi connectivity index (χ1v) is 3.70. The van der Waals surface area contributed by atoms with Crippen LogP contribution in [-0.4, -0.2) is 10.8 Å². The third kappa shape index (κ3) is 2.28. The smallest absolute Gasteiger partial charge is 0.161 e. The second kappa shape index (κ2) is 4.23. The second-order valence-electron chi connectivity index (χ2n) is 2.48. The van der Waals surface area contributed by atoms with Gasteiger partial charge in [0, 0.05) is 22.9 Å². The summed E-state index contributed by atoms with van der Waals surface area (Å²) in [5.74, 6) is -0.0729. The van der Waals surface area contributed by atoms with E-state index in [-0.39, 0.29) is 12.3 Å². The van der Waals surface area contributed by atoms with Gasteiger partial charge in [-0.05, 0) is 24.1 Å². The SMILES string of the molecule is CC(=O)c1cnccc1CN=[N+]=[N-]. The molecule has 0 unspecified atom stereocenters. The fourth-order valence-electron chi connectivity index (χ4n) is 0.986. The van der Waals surface area contributed by atoms with Gasteiger partial charge >= 0.3 is 0 Å². The molecule has 0 radical (unpaired) electrons. The van der Waals surface area contributed by atoms with E-state index in [0.29, 0.717) is 11.1 Å². The highest BCUT2D eigenvalue weighted by molar-refractivity contribution is 5.95. The van der Waals surface area contributed by atoms with Crippen LogP contribution in [0.5, 0.6) is 0 Å². The lowest BCUT2D eigenvalue weighted by atomic mass is 10.1. The molecule has 0 amide bonds. The Labute approximate surface area is 75.0 Å². The van der Waals surface area contributed by atoms with E-state index in [0.717, 1.165) is 0 Å². The van der Waals surface area contributed by atoms with Crippen LogP contribution in [0.25, 0.3) is 10.4 Å². The number of aromatic nitrogens is 1. The number of pyridine rings is 1. The summed E-state index contributed by atoms with van der Waals surface area (Å²) in [6.45, 7) is 1.64. The molecular weight excluding hydrogens is 168 g/mol. The Hall–Kier alpha value is -1.87. The van der Waals surface area contributed by atoms with Crippen LogP contribution in [0.15, 0.2) is 23.6 Å². The molecule has 0 aliphatic rings. The highest BCUT2D eigenvalue weighted by Gasteiger charge is 2.04. The molecule has 0 atom stereocenters. The van der Waals surface area contributed by atoms with Crippen molar-refractivity contribution in [2.45, 2.75) is 13.5 Å². The number of azide groups is 1. The summed E-state index contributed by atoms with van der Waals surface area (Å²) in [6.07, 6.45) is 3.04. The minimum atomic E-state index is -0.0729. The predicted octanol–water partition coefficient (Wildman–Crippen LogP) is 2.09. The molecule has 0 N–H and O–H groups in total. The van der Waals surface area contributed by atoms with Gasteiger partial charge in [-0.3, -0.25) is 9.78 Å². The summed E-state index contributed by atoms with van der Waals surface area (Å²) in [5.41, 5.74) is 9.33. The zero-order chi connectivity index (χ0) is 9.68. The number of hydrogen-bond acceptors (Lipinski definition) is 3. The molecule has 0 aliphatic heterocycles. The van der Waals surface area contributed by atoms with Crippen molar-refractivity contribution in [1.29, 1.82) is 0 Å². The molecule has 1 rings (SSSR count). The van der Waals surface area contributed by atoms with Crippen LogP contribution < -0.4 is 0 Å². The van der Waals surface area contributed by atoms with Crippen LogP contribution in [0.1, 0.15) is 22.8 Å². The van der Waals surface area contributed by atoms with E-state index in [1.54, 1.807) is 12.3 Å². The summed E-state index contributed by atoms with van der Waals surface area (Å²) in [5, 5.41) is 3.39. The molecule has 5 heteroatoms. The van der Waals surface area contributed by atoms with Gasteiger partial charge in [-0.15, -0.1) is 0 Å². The third-order valence-electron chi connectivity index (χ3n) is 1.59. The third-order valence-corrected chi connectivity index (χ3v) is 1.59. The van der Waals surface area contributed by atoms with Crippen molar-refractivity contribution in [2.24, 2.45) is 5.11 Å². The molecule has 0 bridgehead atoms. The Morgan fingerprint density at radius 2 is 2.54 bits per heavy atom. The molecule has 0 spiro atoms. The molecule has 0 aliphatic carbocycles. The maximum atomic E-state index is 11.1. The van der Waals surface area contributed by atoms with Crippen LogP contribution in [0.3, 0.4) is 0 Å². The minimum Gasteiger partial charge on any atom is -0.294 e. The van der Waals surface area contributed by atoms with Crippen molar-refractivity contribution in [3.63, 3.8) is 0 Å². The van der Waals surface area contributed by atoms with Crippen molar-refractivity contribution >= 4 is 5.78 Å². The average Bonchev–Trinajstić information content (AvgIpc) is 2.15. The zero-order valence-electron chi connectivity index (χ0n) is 7.14. The zero-order valence-corrected chi connectivity index (χ0v) is 7.14. The maximum absolute atomic E-state index is 11.1. The molecule has 1 aromatic rings. The summed E-state index contributed by atoms with van der Waals surface area (Å²) in [7, 11) is 0. The van der Waals surface area contributed by atoms with Crippen molar-refractivity contribution in [1.82, 2.24) is 4.98 Å². The highest BCUT2D eigenvalue weighted by Crippen LogP contribution is 2.08. The first-order chi connectivity index (χ1) is 6.25. The van der Waals surface area contributed by atoms with Crippen LogP contribution in [0.4, 0.5) is 0 Å². The Balaban J connectivity index is 3.04. The van der Waals surface area contributed by atoms with E-state index in [4.69, 9.17) is 5.53 Å². The Kier molecular flexibility index (Phi) is 3.00. The van der Waals surface area contributed by atoms with Gasteiger partial charge in [0.25, 0.3) is 0 Å². The van der Waals surface area contributed by atoms with Gasteiger partial charge in [-0.25, -0.2) is 0 Å². The normalized spacial score (nSPS) is 9.00.